The molecular formula is C39H28N4. The highest BCUT2D eigenvalue weighted by Crippen LogP contribution is 2.31. The Kier molecular flexibility index (Phi) is 6.16. The highest BCUT2D eigenvalue weighted by atomic mass is 15.3. The highest BCUT2D eigenvalue weighted by Gasteiger charge is 2.24. The summed E-state index contributed by atoms with van der Waals surface area (Å²) in [7, 11) is 0. The standard InChI is InChI=1S/C39H28N4/c1-3-11-27(12-4-1)29-19-23-31(24-20-29)37-40-38(32-25-21-30(22-26-32)28-13-5-2-6-14-28)42-39(41-37)43-35-17-9-7-15-33(35)34-16-8-10-18-36(34)43/h1-26,37H,(H,40,41,42). The lowest BCUT2D eigenvalue weighted by Crippen LogP contribution is -2.37. The van der Waals surface area contributed by atoms with Gasteiger partial charge in [0.2, 0.25) is 5.96 Å². The van der Waals surface area contributed by atoms with Crippen molar-refractivity contribution >= 4 is 33.6 Å². The molecule has 4 heteroatoms. The summed E-state index contributed by atoms with van der Waals surface area (Å²) >= 11 is 0. The van der Waals surface area contributed by atoms with Crippen molar-refractivity contribution in [2.45, 2.75) is 6.17 Å². The van der Waals surface area contributed by atoms with E-state index in [4.69, 9.17) is 9.98 Å². The molecule has 0 fully saturated rings. The van der Waals surface area contributed by atoms with E-state index < -0.39 is 0 Å². The number of aromatic nitrogens is 1. The monoisotopic (exact) mass is 552 g/mol. The maximum atomic E-state index is 5.16. The molecule has 0 bridgehead atoms. The number of para-hydroxylation sites is 2. The number of aliphatic imine (C=N–C) groups is 2. The van der Waals surface area contributed by atoms with E-state index in [0.29, 0.717) is 5.84 Å². The molecule has 1 aliphatic rings. The smallest absolute Gasteiger partial charge is 0.211 e. The molecule has 1 aliphatic heterocycles. The van der Waals surface area contributed by atoms with Crippen LogP contribution < -0.4 is 5.32 Å². The van der Waals surface area contributed by atoms with Crippen LogP contribution in [0.25, 0.3) is 44.1 Å². The Morgan fingerprint density at radius 2 is 0.884 bits per heavy atom. The van der Waals surface area contributed by atoms with Gasteiger partial charge in [-0.2, -0.15) is 4.99 Å². The lowest BCUT2D eigenvalue weighted by atomic mass is 10.0. The van der Waals surface area contributed by atoms with E-state index in [-0.39, 0.29) is 6.17 Å². The molecule has 204 valence electrons. The second-order valence-corrected chi connectivity index (χ2v) is 10.7. The molecule has 1 atom stereocenters. The molecule has 2 heterocycles. The summed E-state index contributed by atoms with van der Waals surface area (Å²) < 4.78 is 2.23. The van der Waals surface area contributed by atoms with Gasteiger partial charge in [0.05, 0.1) is 11.0 Å². The van der Waals surface area contributed by atoms with E-state index in [0.717, 1.165) is 28.1 Å². The van der Waals surface area contributed by atoms with Gasteiger partial charge in [-0.15, -0.1) is 0 Å². The van der Waals surface area contributed by atoms with Crippen molar-refractivity contribution in [2.24, 2.45) is 9.98 Å². The van der Waals surface area contributed by atoms with Crippen molar-refractivity contribution in [1.82, 2.24) is 9.88 Å². The molecule has 0 amide bonds. The van der Waals surface area contributed by atoms with Crippen LogP contribution in [0.15, 0.2) is 168 Å². The number of nitrogens with zero attached hydrogens (tertiary/aromatic N) is 3. The average molecular weight is 553 g/mol. The third-order valence-corrected chi connectivity index (χ3v) is 8.10. The summed E-state index contributed by atoms with van der Waals surface area (Å²) in [5.41, 5.74) is 8.99. The van der Waals surface area contributed by atoms with Crippen LogP contribution in [0.3, 0.4) is 0 Å². The molecule has 0 spiro atoms. The Morgan fingerprint density at radius 3 is 1.44 bits per heavy atom. The third-order valence-electron chi connectivity index (χ3n) is 8.10. The van der Waals surface area contributed by atoms with Crippen LogP contribution in [0, 0.1) is 0 Å². The predicted molar refractivity (Wildman–Crippen MR) is 178 cm³/mol. The van der Waals surface area contributed by atoms with Crippen LogP contribution in [0.4, 0.5) is 0 Å². The van der Waals surface area contributed by atoms with Gasteiger partial charge in [0, 0.05) is 16.3 Å². The van der Waals surface area contributed by atoms with Gasteiger partial charge in [0.25, 0.3) is 0 Å². The summed E-state index contributed by atoms with van der Waals surface area (Å²) in [6, 6.07) is 55.1. The molecule has 7 aromatic rings. The maximum absolute atomic E-state index is 5.16. The highest BCUT2D eigenvalue weighted by molar-refractivity contribution is 6.17. The van der Waals surface area contributed by atoms with Gasteiger partial charge in [-0.3, -0.25) is 4.57 Å². The van der Waals surface area contributed by atoms with Crippen molar-refractivity contribution in [1.29, 1.82) is 0 Å². The van der Waals surface area contributed by atoms with Crippen molar-refractivity contribution in [3.05, 3.63) is 169 Å². The SMILES string of the molecule is c1ccc(-c2ccc(C3=NC(c4ccc(-c5ccccc5)cc4)NC(n4c5ccccc5c5ccccc54)=N3)cc2)cc1. The Balaban J connectivity index is 1.25. The van der Waals surface area contributed by atoms with Gasteiger partial charge in [-0.05, 0) is 39.9 Å². The topological polar surface area (TPSA) is 41.7 Å². The van der Waals surface area contributed by atoms with Crippen LogP contribution in [0.2, 0.25) is 0 Å². The lowest BCUT2D eigenvalue weighted by molar-refractivity contribution is 0.661. The summed E-state index contributed by atoms with van der Waals surface area (Å²) in [6.07, 6.45) is -0.305. The van der Waals surface area contributed by atoms with E-state index >= 15 is 0 Å². The fourth-order valence-electron chi connectivity index (χ4n) is 5.93. The fraction of sp³-hybridized carbons (Fsp3) is 0.0256. The van der Waals surface area contributed by atoms with Gasteiger partial charge in [-0.25, -0.2) is 4.99 Å². The minimum atomic E-state index is -0.305. The maximum Gasteiger partial charge on any atom is 0.211 e. The van der Waals surface area contributed by atoms with Crippen molar-refractivity contribution in [3.8, 4) is 22.3 Å². The molecule has 1 aromatic heterocycles. The zero-order valence-corrected chi connectivity index (χ0v) is 23.4. The fourth-order valence-corrected chi connectivity index (χ4v) is 5.93. The second kappa shape index (κ2) is 10.6. The summed E-state index contributed by atoms with van der Waals surface area (Å²) in [5, 5.41) is 6.07. The third kappa shape index (κ3) is 4.59. The number of hydrogen-bond donors (Lipinski definition) is 1. The molecule has 0 saturated carbocycles. The van der Waals surface area contributed by atoms with E-state index in [9.17, 15) is 0 Å². The molecule has 1 N–H and O–H groups in total. The largest absolute Gasteiger partial charge is 0.330 e. The zero-order valence-electron chi connectivity index (χ0n) is 23.4. The first kappa shape index (κ1) is 25.0. The van der Waals surface area contributed by atoms with Crippen molar-refractivity contribution in [3.63, 3.8) is 0 Å². The average Bonchev–Trinajstić information content (AvgIpc) is 3.43. The van der Waals surface area contributed by atoms with E-state index in [1.807, 2.05) is 12.1 Å². The van der Waals surface area contributed by atoms with Crippen LogP contribution in [0.5, 0.6) is 0 Å². The molecular weight excluding hydrogens is 524 g/mol. The first-order valence-corrected chi connectivity index (χ1v) is 14.5. The molecule has 1 unspecified atom stereocenters. The van der Waals surface area contributed by atoms with Crippen LogP contribution in [-0.2, 0) is 0 Å². The predicted octanol–water partition coefficient (Wildman–Crippen LogP) is 9.08. The van der Waals surface area contributed by atoms with Gasteiger partial charge in [0.1, 0.15) is 6.17 Å². The molecule has 6 aromatic carbocycles. The van der Waals surface area contributed by atoms with Crippen molar-refractivity contribution < 1.29 is 0 Å². The van der Waals surface area contributed by atoms with Crippen LogP contribution in [-0.4, -0.2) is 16.4 Å². The molecule has 0 aliphatic carbocycles. The number of benzene rings is 6. The van der Waals surface area contributed by atoms with Gasteiger partial charge >= 0.3 is 0 Å². The number of amidine groups is 1. The Morgan fingerprint density at radius 1 is 0.442 bits per heavy atom. The number of hydrogen-bond acceptors (Lipinski definition) is 3. The summed E-state index contributed by atoms with van der Waals surface area (Å²) in [5.74, 6) is 1.46. The minimum absolute atomic E-state index is 0.305. The van der Waals surface area contributed by atoms with Gasteiger partial charge < -0.3 is 5.32 Å². The number of nitrogens with one attached hydrogen (secondary N) is 1. The second-order valence-electron chi connectivity index (χ2n) is 10.7. The first-order chi connectivity index (χ1) is 21.3. The Bertz CT molecular complexity index is 2070. The van der Waals surface area contributed by atoms with Crippen LogP contribution in [0.1, 0.15) is 17.3 Å². The quantitative estimate of drug-likeness (QED) is 0.232. The molecule has 8 rings (SSSR count). The number of fused-ring (bicyclic) bond motifs is 3. The molecule has 0 saturated heterocycles. The van der Waals surface area contributed by atoms with E-state index in [2.05, 4.69) is 155 Å². The molecule has 4 nitrogen and oxygen atoms in total. The minimum Gasteiger partial charge on any atom is -0.330 e. The Hall–Kier alpha value is -5.74. The van der Waals surface area contributed by atoms with E-state index in [1.165, 1.54) is 33.0 Å². The van der Waals surface area contributed by atoms with E-state index in [1.54, 1.807) is 0 Å². The first-order valence-electron chi connectivity index (χ1n) is 14.5. The molecule has 43 heavy (non-hydrogen) atoms. The summed E-state index contributed by atoms with van der Waals surface area (Å²) in [6.45, 7) is 0. The lowest BCUT2D eigenvalue weighted by Gasteiger charge is -2.25. The zero-order chi connectivity index (χ0) is 28.6. The normalized spacial score (nSPS) is 14.7. The number of rotatable bonds is 4. The van der Waals surface area contributed by atoms with Gasteiger partial charge in [0.15, 0.2) is 5.84 Å². The Labute approximate surface area is 250 Å². The van der Waals surface area contributed by atoms with Gasteiger partial charge in [-0.1, -0.05) is 146 Å². The molecule has 0 radical (unpaired) electrons. The van der Waals surface area contributed by atoms with Crippen LogP contribution >= 0.6 is 0 Å². The van der Waals surface area contributed by atoms with Crippen molar-refractivity contribution in [2.75, 3.05) is 0 Å². The summed E-state index contributed by atoms with van der Waals surface area (Å²) in [4.78, 5) is 10.3.